The molecule has 3 aromatic rings. The quantitative estimate of drug-likeness (QED) is 0.716. The predicted octanol–water partition coefficient (Wildman–Crippen LogP) is 4.37. The molecule has 0 saturated carbocycles. The van der Waals surface area contributed by atoms with Crippen molar-refractivity contribution in [3.05, 3.63) is 59.0 Å². The number of aryl methyl sites for hydroxylation is 1. The molecule has 1 aromatic heterocycles. The fraction of sp³-hybridized carbons (Fsp3) is 0.125. The van der Waals surface area contributed by atoms with Gasteiger partial charge in [-0.3, -0.25) is 0 Å². The highest BCUT2D eigenvalue weighted by Gasteiger charge is 2.05. The summed E-state index contributed by atoms with van der Waals surface area (Å²) in [5.74, 6) is 0.906. The van der Waals surface area contributed by atoms with Crippen LogP contribution in [0.25, 0.3) is 10.1 Å². The van der Waals surface area contributed by atoms with Gasteiger partial charge in [0.2, 0.25) is 0 Å². The van der Waals surface area contributed by atoms with Crippen LogP contribution in [-0.4, -0.2) is 0 Å². The molecule has 1 heterocycles. The Morgan fingerprint density at radius 1 is 1.16 bits per heavy atom. The lowest BCUT2D eigenvalue weighted by atomic mass is 10.1. The zero-order valence-electron chi connectivity index (χ0n) is 10.7. The summed E-state index contributed by atoms with van der Waals surface area (Å²) in [6.45, 7) is 2.64. The van der Waals surface area contributed by atoms with E-state index in [2.05, 4.69) is 24.4 Å². The van der Waals surface area contributed by atoms with Crippen molar-refractivity contribution in [2.75, 3.05) is 5.73 Å². The van der Waals surface area contributed by atoms with E-state index in [-0.39, 0.29) is 0 Å². The van der Waals surface area contributed by atoms with Crippen molar-refractivity contribution in [2.24, 2.45) is 0 Å². The lowest BCUT2D eigenvalue weighted by Crippen LogP contribution is -1.94. The molecule has 0 unspecified atom stereocenters. The summed E-state index contributed by atoms with van der Waals surface area (Å²) in [4.78, 5) is 0. The molecule has 0 radical (unpaired) electrons. The van der Waals surface area contributed by atoms with Crippen LogP contribution in [0, 0.1) is 6.92 Å². The Morgan fingerprint density at radius 3 is 2.89 bits per heavy atom. The predicted molar refractivity (Wildman–Crippen MR) is 81.7 cm³/mol. The first-order valence-corrected chi connectivity index (χ1v) is 7.05. The molecule has 3 rings (SSSR count). The largest absolute Gasteiger partial charge is 0.489 e. The number of nitrogen functional groups attached to an aromatic ring is 1. The molecule has 0 aliphatic rings. The van der Waals surface area contributed by atoms with Crippen molar-refractivity contribution in [1.29, 1.82) is 0 Å². The SMILES string of the molecule is Cc1cccc(OCc2csc3ccc(N)cc23)c1. The van der Waals surface area contributed by atoms with Crippen LogP contribution < -0.4 is 10.5 Å². The van der Waals surface area contributed by atoms with Gasteiger partial charge in [-0.1, -0.05) is 12.1 Å². The Labute approximate surface area is 116 Å². The number of rotatable bonds is 3. The Bertz CT molecular complexity index is 718. The van der Waals surface area contributed by atoms with Crippen LogP contribution in [0.2, 0.25) is 0 Å². The standard InChI is InChI=1S/C16H15NOS/c1-11-3-2-4-14(7-11)18-9-12-10-19-16-6-5-13(17)8-15(12)16/h2-8,10H,9,17H2,1H3. The molecule has 0 fully saturated rings. The summed E-state index contributed by atoms with van der Waals surface area (Å²) in [6.07, 6.45) is 0. The van der Waals surface area contributed by atoms with Crippen molar-refractivity contribution in [2.45, 2.75) is 13.5 Å². The zero-order chi connectivity index (χ0) is 13.2. The van der Waals surface area contributed by atoms with Crippen LogP contribution in [0.5, 0.6) is 5.75 Å². The second kappa shape index (κ2) is 4.94. The summed E-state index contributed by atoms with van der Waals surface area (Å²) in [5.41, 5.74) is 9.03. The van der Waals surface area contributed by atoms with E-state index < -0.39 is 0 Å². The van der Waals surface area contributed by atoms with Gasteiger partial charge in [-0.15, -0.1) is 11.3 Å². The molecule has 0 aliphatic carbocycles. The number of nitrogens with two attached hydrogens (primary N) is 1. The average molecular weight is 269 g/mol. The summed E-state index contributed by atoms with van der Waals surface area (Å²) in [7, 11) is 0. The zero-order valence-corrected chi connectivity index (χ0v) is 11.5. The van der Waals surface area contributed by atoms with E-state index in [1.165, 1.54) is 21.2 Å². The fourth-order valence-corrected chi connectivity index (χ4v) is 3.01. The molecule has 0 amide bonds. The highest BCUT2D eigenvalue weighted by molar-refractivity contribution is 7.17. The molecule has 0 saturated heterocycles. The molecule has 0 atom stereocenters. The van der Waals surface area contributed by atoms with E-state index in [4.69, 9.17) is 10.5 Å². The number of hydrogen-bond donors (Lipinski definition) is 1. The van der Waals surface area contributed by atoms with Crippen LogP contribution in [0.4, 0.5) is 5.69 Å². The third-order valence-corrected chi connectivity index (χ3v) is 4.07. The Morgan fingerprint density at radius 2 is 2.05 bits per heavy atom. The topological polar surface area (TPSA) is 35.2 Å². The Balaban J connectivity index is 1.84. The molecule has 0 aliphatic heterocycles. The summed E-state index contributed by atoms with van der Waals surface area (Å²) in [6, 6.07) is 14.1. The van der Waals surface area contributed by atoms with Gasteiger partial charge < -0.3 is 10.5 Å². The number of fused-ring (bicyclic) bond motifs is 1. The first kappa shape index (κ1) is 12.1. The molecule has 19 heavy (non-hydrogen) atoms. The molecular weight excluding hydrogens is 254 g/mol. The number of hydrogen-bond acceptors (Lipinski definition) is 3. The van der Waals surface area contributed by atoms with Crippen LogP contribution in [0.15, 0.2) is 47.8 Å². The van der Waals surface area contributed by atoms with Crippen LogP contribution in [-0.2, 0) is 6.61 Å². The Hall–Kier alpha value is -2.00. The molecule has 0 spiro atoms. The maximum atomic E-state index is 5.85. The lowest BCUT2D eigenvalue weighted by molar-refractivity contribution is 0.308. The Kier molecular flexibility index (Phi) is 3.13. The minimum absolute atomic E-state index is 0.576. The number of thiophene rings is 1. The van der Waals surface area contributed by atoms with Gasteiger partial charge in [0.05, 0.1) is 0 Å². The van der Waals surface area contributed by atoms with Gasteiger partial charge in [-0.25, -0.2) is 0 Å². The van der Waals surface area contributed by atoms with Gasteiger partial charge in [-0.2, -0.15) is 0 Å². The highest BCUT2D eigenvalue weighted by Crippen LogP contribution is 2.28. The van der Waals surface area contributed by atoms with Gasteiger partial charge in [0.1, 0.15) is 12.4 Å². The normalized spacial score (nSPS) is 10.8. The minimum Gasteiger partial charge on any atom is -0.489 e. The number of ether oxygens (including phenoxy) is 1. The van der Waals surface area contributed by atoms with Gasteiger partial charge >= 0.3 is 0 Å². The third kappa shape index (κ3) is 2.56. The van der Waals surface area contributed by atoms with Gasteiger partial charge in [0.15, 0.2) is 0 Å². The molecule has 2 N–H and O–H groups in total. The summed E-state index contributed by atoms with van der Waals surface area (Å²) >= 11 is 1.73. The van der Waals surface area contributed by atoms with E-state index in [0.29, 0.717) is 6.61 Å². The van der Waals surface area contributed by atoms with Crippen molar-refractivity contribution >= 4 is 27.1 Å². The van der Waals surface area contributed by atoms with Crippen LogP contribution in [0.3, 0.4) is 0 Å². The van der Waals surface area contributed by atoms with Crippen LogP contribution >= 0.6 is 11.3 Å². The lowest BCUT2D eigenvalue weighted by Gasteiger charge is -2.06. The molecule has 0 bridgehead atoms. The first-order chi connectivity index (χ1) is 9.22. The molecule has 96 valence electrons. The van der Waals surface area contributed by atoms with Crippen molar-refractivity contribution in [1.82, 2.24) is 0 Å². The maximum Gasteiger partial charge on any atom is 0.120 e. The first-order valence-electron chi connectivity index (χ1n) is 6.17. The van der Waals surface area contributed by atoms with Gasteiger partial charge in [0, 0.05) is 21.3 Å². The summed E-state index contributed by atoms with van der Waals surface area (Å²) in [5, 5.41) is 3.33. The molecule has 2 nitrogen and oxygen atoms in total. The van der Waals surface area contributed by atoms with Gasteiger partial charge in [0.25, 0.3) is 0 Å². The monoisotopic (exact) mass is 269 g/mol. The van der Waals surface area contributed by atoms with Gasteiger partial charge in [-0.05, 0) is 48.2 Å². The average Bonchev–Trinajstić information content (AvgIpc) is 2.79. The maximum absolute atomic E-state index is 5.85. The molecular formula is C16H15NOS. The third-order valence-electron chi connectivity index (χ3n) is 3.06. The number of anilines is 1. The number of benzene rings is 2. The minimum atomic E-state index is 0.576. The van der Waals surface area contributed by atoms with Crippen molar-refractivity contribution in [3.8, 4) is 5.75 Å². The second-order valence-corrected chi connectivity index (χ2v) is 5.53. The smallest absolute Gasteiger partial charge is 0.120 e. The van der Waals surface area contributed by atoms with Crippen molar-refractivity contribution in [3.63, 3.8) is 0 Å². The van der Waals surface area contributed by atoms with E-state index >= 15 is 0 Å². The van der Waals surface area contributed by atoms with E-state index in [1.807, 2.05) is 30.3 Å². The van der Waals surface area contributed by atoms with E-state index in [9.17, 15) is 0 Å². The van der Waals surface area contributed by atoms with Crippen molar-refractivity contribution < 1.29 is 4.74 Å². The fourth-order valence-electron chi connectivity index (χ4n) is 2.08. The molecule has 2 aromatic carbocycles. The second-order valence-electron chi connectivity index (χ2n) is 4.62. The van der Waals surface area contributed by atoms with E-state index in [0.717, 1.165) is 11.4 Å². The molecule has 3 heteroatoms. The van der Waals surface area contributed by atoms with Crippen LogP contribution in [0.1, 0.15) is 11.1 Å². The summed E-state index contributed by atoms with van der Waals surface area (Å²) < 4.78 is 7.09. The van der Waals surface area contributed by atoms with E-state index in [1.54, 1.807) is 11.3 Å². The highest BCUT2D eigenvalue weighted by atomic mass is 32.1.